The van der Waals surface area contributed by atoms with Crippen molar-refractivity contribution < 1.29 is 14.4 Å². The van der Waals surface area contributed by atoms with E-state index in [1.54, 1.807) is 18.2 Å². The number of nitrogens with one attached hydrogen (secondary N) is 3. The van der Waals surface area contributed by atoms with Gasteiger partial charge in [0.1, 0.15) is 0 Å². The second kappa shape index (κ2) is 14.1. The Bertz CT molecular complexity index is 812. The van der Waals surface area contributed by atoms with Crippen LogP contribution in [0.5, 0.6) is 0 Å². The summed E-state index contributed by atoms with van der Waals surface area (Å²) < 4.78 is 0. The number of hydrogen-bond acceptors (Lipinski definition) is 3. The average molecular weight is 474 g/mol. The van der Waals surface area contributed by atoms with Crippen molar-refractivity contribution in [2.24, 2.45) is 11.3 Å². The van der Waals surface area contributed by atoms with Crippen molar-refractivity contribution >= 4 is 17.7 Å². The molecule has 0 aliphatic rings. The van der Waals surface area contributed by atoms with Crippen LogP contribution in [-0.2, 0) is 0 Å². The topological polar surface area (TPSA) is 87.3 Å². The number of benzene rings is 1. The lowest BCUT2D eigenvalue weighted by molar-refractivity contribution is 0.0935. The van der Waals surface area contributed by atoms with Gasteiger partial charge >= 0.3 is 0 Å². The van der Waals surface area contributed by atoms with Gasteiger partial charge in [-0.25, -0.2) is 0 Å². The SMILES string of the molecule is CCCC(C)NC(=O)c1cc(C(=O)NCCCC(C)C)cc(C(=O)NC(C)CCC(C)(C)C)c1. The summed E-state index contributed by atoms with van der Waals surface area (Å²) in [4.78, 5) is 38.7. The zero-order chi connectivity index (χ0) is 25.9. The van der Waals surface area contributed by atoms with E-state index >= 15 is 0 Å². The second-order valence-electron chi connectivity index (χ2n) is 11.2. The van der Waals surface area contributed by atoms with Gasteiger partial charge in [-0.05, 0) is 75.5 Å². The number of hydrogen-bond donors (Lipinski definition) is 3. The van der Waals surface area contributed by atoms with E-state index in [1.165, 1.54) is 0 Å². The van der Waals surface area contributed by atoms with Gasteiger partial charge in [-0.15, -0.1) is 0 Å². The molecule has 6 heteroatoms. The molecule has 0 spiro atoms. The van der Waals surface area contributed by atoms with Gasteiger partial charge in [0.2, 0.25) is 0 Å². The Morgan fingerprint density at radius 1 is 0.765 bits per heavy atom. The van der Waals surface area contributed by atoms with E-state index in [1.807, 2.05) is 13.8 Å². The Kier molecular flexibility index (Phi) is 12.3. The van der Waals surface area contributed by atoms with Crippen molar-refractivity contribution in [2.45, 2.75) is 106 Å². The highest BCUT2D eigenvalue weighted by molar-refractivity contribution is 6.04. The summed E-state index contributed by atoms with van der Waals surface area (Å²) in [5.74, 6) is -0.240. The maximum atomic E-state index is 13.0. The minimum Gasteiger partial charge on any atom is -0.352 e. The number of rotatable bonds is 13. The van der Waals surface area contributed by atoms with Crippen molar-refractivity contribution in [1.29, 1.82) is 0 Å². The first-order chi connectivity index (χ1) is 15.8. The smallest absolute Gasteiger partial charge is 0.251 e. The highest BCUT2D eigenvalue weighted by Crippen LogP contribution is 2.21. The summed E-state index contributed by atoms with van der Waals surface area (Å²) in [6, 6.07) is 4.74. The third kappa shape index (κ3) is 11.7. The van der Waals surface area contributed by atoms with Crippen LogP contribution in [0.4, 0.5) is 0 Å². The second-order valence-corrected chi connectivity index (χ2v) is 11.2. The number of amides is 3. The zero-order valence-electron chi connectivity index (χ0n) is 22.6. The fourth-order valence-electron chi connectivity index (χ4n) is 3.68. The molecule has 192 valence electrons. The molecule has 1 rings (SSSR count). The van der Waals surface area contributed by atoms with Crippen LogP contribution in [0.1, 0.15) is 125 Å². The van der Waals surface area contributed by atoms with E-state index in [0.29, 0.717) is 29.2 Å². The summed E-state index contributed by atoms with van der Waals surface area (Å²) in [6.07, 6.45) is 5.57. The molecule has 0 aliphatic carbocycles. The lowest BCUT2D eigenvalue weighted by Crippen LogP contribution is -2.35. The number of carbonyl (C=O) groups is 3. The maximum Gasteiger partial charge on any atom is 0.251 e. The van der Waals surface area contributed by atoms with Crippen LogP contribution in [-0.4, -0.2) is 36.3 Å². The normalized spacial score (nSPS) is 13.3. The van der Waals surface area contributed by atoms with Gasteiger partial charge in [0.25, 0.3) is 17.7 Å². The zero-order valence-corrected chi connectivity index (χ0v) is 22.6. The molecular weight excluding hydrogens is 426 g/mol. The van der Waals surface area contributed by atoms with E-state index in [-0.39, 0.29) is 35.2 Å². The Hall–Kier alpha value is -2.37. The van der Waals surface area contributed by atoms with Gasteiger partial charge < -0.3 is 16.0 Å². The van der Waals surface area contributed by atoms with Gasteiger partial charge in [0.15, 0.2) is 0 Å². The molecule has 3 N–H and O–H groups in total. The Morgan fingerprint density at radius 2 is 1.24 bits per heavy atom. The van der Waals surface area contributed by atoms with Gasteiger partial charge in [0.05, 0.1) is 0 Å². The summed E-state index contributed by atoms with van der Waals surface area (Å²) in [7, 11) is 0. The molecule has 0 fully saturated rings. The molecule has 0 aliphatic heterocycles. The molecule has 0 bridgehead atoms. The molecule has 1 aromatic carbocycles. The standard InChI is InChI=1S/C28H47N3O3/c1-9-11-20(4)30-26(33)23-16-22(25(32)29-15-10-12-19(2)3)17-24(18-23)27(34)31-21(5)13-14-28(6,7)8/h16-21H,9-15H2,1-8H3,(H,29,32)(H,30,33)(H,31,34). The Balaban J connectivity index is 3.06. The Labute approximate surface area is 207 Å². The molecule has 2 unspecified atom stereocenters. The third-order valence-electron chi connectivity index (χ3n) is 5.77. The first-order valence-corrected chi connectivity index (χ1v) is 12.9. The largest absolute Gasteiger partial charge is 0.352 e. The number of carbonyl (C=O) groups excluding carboxylic acids is 3. The predicted octanol–water partition coefficient (Wildman–Crippen LogP) is 5.72. The fraction of sp³-hybridized carbons (Fsp3) is 0.679. The van der Waals surface area contributed by atoms with Crippen molar-refractivity contribution in [3.05, 3.63) is 34.9 Å². The van der Waals surface area contributed by atoms with Gasteiger partial charge in [-0.1, -0.05) is 48.0 Å². The molecule has 0 aromatic heterocycles. The fourth-order valence-corrected chi connectivity index (χ4v) is 3.68. The van der Waals surface area contributed by atoms with Crippen molar-refractivity contribution in [1.82, 2.24) is 16.0 Å². The molecular formula is C28H47N3O3. The van der Waals surface area contributed by atoms with Gasteiger partial charge in [-0.2, -0.15) is 0 Å². The van der Waals surface area contributed by atoms with Gasteiger partial charge in [0, 0.05) is 35.3 Å². The lowest BCUT2D eigenvalue weighted by Gasteiger charge is -2.22. The van der Waals surface area contributed by atoms with Gasteiger partial charge in [-0.3, -0.25) is 14.4 Å². The third-order valence-corrected chi connectivity index (χ3v) is 5.77. The molecule has 6 nitrogen and oxygen atoms in total. The minimum absolute atomic E-state index is 0.0119. The van der Waals surface area contributed by atoms with E-state index in [4.69, 9.17) is 0 Å². The van der Waals surface area contributed by atoms with Crippen LogP contribution in [0.2, 0.25) is 0 Å². The molecule has 0 heterocycles. The molecule has 0 saturated carbocycles. The van der Waals surface area contributed by atoms with E-state index < -0.39 is 0 Å². The van der Waals surface area contributed by atoms with E-state index in [0.717, 1.165) is 38.5 Å². The maximum absolute atomic E-state index is 13.0. The average Bonchev–Trinajstić information content (AvgIpc) is 2.74. The van der Waals surface area contributed by atoms with Crippen LogP contribution in [0.15, 0.2) is 18.2 Å². The van der Waals surface area contributed by atoms with E-state index in [2.05, 4.69) is 57.5 Å². The molecule has 2 atom stereocenters. The highest BCUT2D eigenvalue weighted by atomic mass is 16.2. The predicted molar refractivity (Wildman–Crippen MR) is 140 cm³/mol. The van der Waals surface area contributed by atoms with Crippen molar-refractivity contribution in [3.63, 3.8) is 0 Å². The van der Waals surface area contributed by atoms with Crippen LogP contribution in [0, 0.1) is 11.3 Å². The van der Waals surface area contributed by atoms with Crippen LogP contribution >= 0.6 is 0 Å². The summed E-state index contributed by atoms with van der Waals surface area (Å²) in [5.41, 5.74) is 1.16. The quantitative estimate of drug-likeness (QED) is 0.320. The highest BCUT2D eigenvalue weighted by Gasteiger charge is 2.19. The van der Waals surface area contributed by atoms with Crippen LogP contribution < -0.4 is 16.0 Å². The Morgan fingerprint density at radius 3 is 1.68 bits per heavy atom. The molecule has 0 saturated heterocycles. The first kappa shape index (κ1) is 29.7. The van der Waals surface area contributed by atoms with Crippen molar-refractivity contribution in [3.8, 4) is 0 Å². The van der Waals surface area contributed by atoms with Crippen LogP contribution in [0.25, 0.3) is 0 Å². The summed E-state index contributed by atoms with van der Waals surface area (Å²) in [5, 5.41) is 8.92. The van der Waals surface area contributed by atoms with Crippen molar-refractivity contribution in [2.75, 3.05) is 6.54 Å². The summed E-state index contributed by atoms with van der Waals surface area (Å²) in [6.45, 7) is 17.4. The monoisotopic (exact) mass is 473 g/mol. The van der Waals surface area contributed by atoms with Crippen LogP contribution in [0.3, 0.4) is 0 Å². The molecule has 0 radical (unpaired) electrons. The van der Waals surface area contributed by atoms with E-state index in [9.17, 15) is 14.4 Å². The minimum atomic E-state index is -0.273. The molecule has 34 heavy (non-hydrogen) atoms. The summed E-state index contributed by atoms with van der Waals surface area (Å²) >= 11 is 0. The first-order valence-electron chi connectivity index (χ1n) is 12.9. The molecule has 3 amide bonds. The molecule has 1 aromatic rings. The lowest BCUT2D eigenvalue weighted by atomic mass is 9.89.